The molecule has 0 aliphatic carbocycles. The van der Waals surface area contributed by atoms with Gasteiger partial charge in [-0.25, -0.2) is 4.98 Å². The molecule has 32 heavy (non-hydrogen) atoms. The number of piperazine rings is 1. The van der Waals surface area contributed by atoms with Gasteiger partial charge in [-0.2, -0.15) is 13.2 Å². The second kappa shape index (κ2) is 9.62. The van der Waals surface area contributed by atoms with Crippen LogP contribution in [-0.2, 0) is 11.0 Å². The zero-order valence-electron chi connectivity index (χ0n) is 18.5. The molecule has 2 aromatic rings. The Morgan fingerprint density at radius 3 is 2.41 bits per heavy atom. The Morgan fingerprint density at radius 1 is 1.22 bits per heavy atom. The Morgan fingerprint density at radius 2 is 1.88 bits per heavy atom. The molecule has 2 N–H and O–H groups in total. The number of nitrogens with zero attached hydrogens (tertiary/aromatic N) is 3. The maximum Gasteiger partial charge on any atom is 0.417 e. The number of anilines is 1. The van der Waals surface area contributed by atoms with Crippen LogP contribution in [0.15, 0.2) is 11.4 Å². The SMILES string of the molecule is CCC(C(=O)NC(C)C)N1CCN(c2cc(C(F)(F)F)c3scc(C(=O)NC)c3n2)CC1. The Bertz CT molecular complexity index is 984. The van der Waals surface area contributed by atoms with Crippen molar-refractivity contribution >= 4 is 39.2 Å². The van der Waals surface area contributed by atoms with Gasteiger partial charge in [0, 0.05) is 44.6 Å². The maximum atomic E-state index is 13.8. The van der Waals surface area contributed by atoms with Gasteiger partial charge in [0.25, 0.3) is 5.91 Å². The van der Waals surface area contributed by atoms with E-state index in [1.54, 1.807) is 4.90 Å². The first kappa shape index (κ1) is 24.2. The van der Waals surface area contributed by atoms with Crippen molar-refractivity contribution in [2.24, 2.45) is 0 Å². The number of carbonyl (C=O) groups is 2. The minimum Gasteiger partial charge on any atom is -0.355 e. The van der Waals surface area contributed by atoms with Gasteiger partial charge < -0.3 is 15.5 Å². The molecule has 0 aromatic carbocycles. The highest BCUT2D eigenvalue weighted by Crippen LogP contribution is 2.40. The van der Waals surface area contributed by atoms with Crippen LogP contribution in [0.2, 0.25) is 0 Å². The van der Waals surface area contributed by atoms with Gasteiger partial charge in [0.2, 0.25) is 5.91 Å². The van der Waals surface area contributed by atoms with Crippen LogP contribution in [0, 0.1) is 0 Å². The van der Waals surface area contributed by atoms with Crippen molar-refractivity contribution in [3.8, 4) is 0 Å². The summed E-state index contributed by atoms with van der Waals surface area (Å²) in [7, 11) is 1.43. The standard InChI is InChI=1S/C21H28F3N5O2S/c1-5-15(20(31)26-12(2)3)28-6-8-29(9-7-28)16-10-14(21(22,23)24)18-17(27-16)13(11-32-18)19(30)25-4/h10-12,15H,5-9H2,1-4H3,(H,25,30)(H,26,31). The zero-order valence-corrected chi connectivity index (χ0v) is 19.4. The Kier molecular flexibility index (Phi) is 7.29. The summed E-state index contributed by atoms with van der Waals surface area (Å²) < 4.78 is 41.3. The van der Waals surface area contributed by atoms with Crippen LogP contribution in [-0.4, -0.2) is 67.0 Å². The molecule has 0 spiro atoms. The molecule has 1 saturated heterocycles. The number of rotatable bonds is 6. The smallest absolute Gasteiger partial charge is 0.355 e. The molecule has 1 atom stereocenters. The summed E-state index contributed by atoms with van der Waals surface area (Å²) in [6.07, 6.45) is -3.92. The topological polar surface area (TPSA) is 77.6 Å². The molecule has 3 heterocycles. The van der Waals surface area contributed by atoms with Crippen molar-refractivity contribution in [3.63, 3.8) is 0 Å². The number of hydrogen-bond acceptors (Lipinski definition) is 6. The maximum absolute atomic E-state index is 13.8. The van der Waals surface area contributed by atoms with E-state index in [1.807, 2.05) is 20.8 Å². The highest BCUT2D eigenvalue weighted by atomic mass is 32.1. The lowest BCUT2D eigenvalue weighted by Gasteiger charge is -2.39. The van der Waals surface area contributed by atoms with E-state index >= 15 is 0 Å². The fraction of sp³-hybridized carbons (Fsp3) is 0.571. The summed E-state index contributed by atoms with van der Waals surface area (Å²) >= 11 is 0.867. The van der Waals surface area contributed by atoms with Gasteiger partial charge in [-0.1, -0.05) is 6.92 Å². The van der Waals surface area contributed by atoms with E-state index in [0.717, 1.165) is 17.4 Å². The molecular formula is C21H28F3N5O2S. The van der Waals surface area contributed by atoms with E-state index in [0.29, 0.717) is 32.6 Å². The lowest BCUT2D eigenvalue weighted by Crippen LogP contribution is -2.55. The number of aromatic nitrogens is 1. The Balaban J connectivity index is 1.87. The largest absolute Gasteiger partial charge is 0.417 e. The van der Waals surface area contributed by atoms with Gasteiger partial charge >= 0.3 is 6.18 Å². The number of nitrogens with one attached hydrogen (secondary N) is 2. The van der Waals surface area contributed by atoms with Gasteiger partial charge in [0.1, 0.15) is 5.82 Å². The highest BCUT2D eigenvalue weighted by molar-refractivity contribution is 7.17. The zero-order chi connectivity index (χ0) is 23.6. The van der Waals surface area contributed by atoms with Gasteiger partial charge in [-0.05, 0) is 26.3 Å². The number of carbonyl (C=O) groups excluding carboxylic acids is 2. The average Bonchev–Trinajstić information content (AvgIpc) is 3.16. The van der Waals surface area contributed by atoms with Gasteiger partial charge in [0.15, 0.2) is 0 Å². The first-order chi connectivity index (χ1) is 15.1. The molecule has 0 radical (unpaired) electrons. The van der Waals surface area contributed by atoms with Crippen LogP contribution in [0.3, 0.4) is 0 Å². The summed E-state index contributed by atoms with van der Waals surface area (Å²) in [5, 5.41) is 6.79. The van der Waals surface area contributed by atoms with Crippen molar-refractivity contribution in [1.29, 1.82) is 0 Å². The van der Waals surface area contributed by atoms with E-state index in [-0.39, 0.29) is 39.6 Å². The van der Waals surface area contributed by atoms with E-state index in [4.69, 9.17) is 0 Å². The number of thiophene rings is 1. The van der Waals surface area contributed by atoms with Crippen molar-refractivity contribution in [2.45, 2.75) is 45.5 Å². The predicted molar refractivity (Wildman–Crippen MR) is 119 cm³/mol. The number of alkyl halides is 3. The predicted octanol–water partition coefficient (Wildman–Crippen LogP) is 3.10. The Labute approximate surface area is 189 Å². The third-order valence-corrected chi connectivity index (χ3v) is 6.49. The minimum atomic E-state index is -4.56. The fourth-order valence-electron chi connectivity index (χ4n) is 3.92. The third-order valence-electron chi connectivity index (χ3n) is 5.49. The molecule has 1 aliphatic heterocycles. The van der Waals surface area contributed by atoms with Crippen molar-refractivity contribution in [2.75, 3.05) is 38.1 Å². The molecule has 0 bridgehead atoms. The van der Waals surface area contributed by atoms with Crippen molar-refractivity contribution in [1.82, 2.24) is 20.5 Å². The number of amides is 2. The summed E-state index contributed by atoms with van der Waals surface area (Å²) in [6, 6.07) is 0.817. The lowest BCUT2D eigenvalue weighted by molar-refractivity contribution is -0.136. The highest BCUT2D eigenvalue weighted by Gasteiger charge is 2.36. The quantitative estimate of drug-likeness (QED) is 0.677. The molecule has 3 rings (SSSR count). The normalized spacial score (nSPS) is 16.4. The molecule has 2 amide bonds. The number of pyridine rings is 1. The molecule has 2 aromatic heterocycles. The van der Waals surface area contributed by atoms with Crippen LogP contribution >= 0.6 is 11.3 Å². The molecule has 7 nitrogen and oxygen atoms in total. The van der Waals surface area contributed by atoms with E-state index < -0.39 is 17.6 Å². The van der Waals surface area contributed by atoms with Gasteiger partial charge in [0.05, 0.1) is 27.4 Å². The molecule has 1 fully saturated rings. The first-order valence-corrected chi connectivity index (χ1v) is 11.5. The molecule has 176 valence electrons. The molecular weight excluding hydrogens is 443 g/mol. The van der Waals surface area contributed by atoms with E-state index in [1.165, 1.54) is 12.4 Å². The number of hydrogen-bond donors (Lipinski definition) is 2. The van der Waals surface area contributed by atoms with E-state index in [2.05, 4.69) is 20.5 Å². The Hall–Kier alpha value is -2.40. The van der Waals surface area contributed by atoms with Crippen LogP contribution in [0.25, 0.3) is 10.2 Å². The van der Waals surface area contributed by atoms with E-state index in [9.17, 15) is 22.8 Å². The summed E-state index contributed by atoms with van der Waals surface area (Å²) in [6.45, 7) is 7.66. The van der Waals surface area contributed by atoms with Crippen LogP contribution < -0.4 is 15.5 Å². The second-order valence-electron chi connectivity index (χ2n) is 8.04. The molecule has 0 saturated carbocycles. The summed E-state index contributed by atoms with van der Waals surface area (Å²) in [4.78, 5) is 32.9. The van der Waals surface area contributed by atoms with Crippen LogP contribution in [0.4, 0.5) is 19.0 Å². The third kappa shape index (κ3) is 4.98. The second-order valence-corrected chi connectivity index (χ2v) is 8.92. The monoisotopic (exact) mass is 471 g/mol. The van der Waals surface area contributed by atoms with Crippen LogP contribution in [0.5, 0.6) is 0 Å². The summed E-state index contributed by atoms with van der Waals surface area (Å²) in [5.41, 5.74) is -0.595. The summed E-state index contributed by atoms with van der Waals surface area (Å²) in [5.74, 6) is -0.322. The molecule has 1 aliphatic rings. The van der Waals surface area contributed by atoms with Crippen molar-refractivity contribution < 1.29 is 22.8 Å². The lowest BCUT2D eigenvalue weighted by atomic mass is 10.1. The average molecular weight is 472 g/mol. The minimum absolute atomic E-state index is 0.0367. The first-order valence-electron chi connectivity index (χ1n) is 10.6. The number of halogens is 3. The number of fused-ring (bicyclic) bond motifs is 1. The van der Waals surface area contributed by atoms with Gasteiger partial charge in [-0.15, -0.1) is 11.3 Å². The fourth-order valence-corrected chi connectivity index (χ4v) is 4.94. The molecule has 11 heteroatoms. The van der Waals surface area contributed by atoms with Crippen molar-refractivity contribution in [3.05, 3.63) is 22.6 Å². The van der Waals surface area contributed by atoms with Crippen LogP contribution in [0.1, 0.15) is 43.1 Å². The van der Waals surface area contributed by atoms with Gasteiger partial charge in [-0.3, -0.25) is 14.5 Å². The molecule has 1 unspecified atom stereocenters.